The molecule has 0 saturated heterocycles. The first kappa shape index (κ1) is 19.7. The lowest BCUT2D eigenvalue weighted by Crippen LogP contribution is -2.27. The second-order valence-corrected chi connectivity index (χ2v) is 7.47. The van der Waals surface area contributed by atoms with Crippen molar-refractivity contribution < 1.29 is 4.79 Å². The monoisotopic (exact) mass is 422 g/mol. The van der Waals surface area contributed by atoms with Crippen molar-refractivity contribution >= 4 is 16.9 Å². The van der Waals surface area contributed by atoms with E-state index in [1.165, 1.54) is 0 Å². The number of nitrogens with zero attached hydrogens (tertiary/aromatic N) is 5. The number of amides is 1. The fraction of sp³-hybridized carbons (Fsp3) is 0.120. The van der Waals surface area contributed by atoms with Gasteiger partial charge in [0.2, 0.25) is 0 Å². The van der Waals surface area contributed by atoms with E-state index < -0.39 is 0 Å². The van der Waals surface area contributed by atoms with Gasteiger partial charge in [0.25, 0.3) is 5.91 Å². The molecule has 1 N–H and O–H groups in total. The third kappa shape index (κ3) is 3.76. The van der Waals surface area contributed by atoms with Crippen LogP contribution in [0.5, 0.6) is 0 Å². The van der Waals surface area contributed by atoms with Crippen molar-refractivity contribution in [3.05, 3.63) is 96.7 Å². The first-order chi connectivity index (χ1) is 15.7. The summed E-state index contributed by atoms with van der Waals surface area (Å²) in [7, 11) is 0. The largest absolute Gasteiger partial charge is 0.350 e. The van der Waals surface area contributed by atoms with Crippen molar-refractivity contribution in [3.8, 4) is 16.9 Å². The highest BCUT2D eigenvalue weighted by Gasteiger charge is 2.19. The number of rotatable bonds is 6. The molecule has 0 radical (unpaired) electrons. The molecule has 0 fully saturated rings. The van der Waals surface area contributed by atoms with Crippen molar-refractivity contribution in [2.24, 2.45) is 0 Å². The normalized spacial score (nSPS) is 11.0. The lowest BCUT2D eigenvalue weighted by molar-refractivity contribution is 0.0953. The van der Waals surface area contributed by atoms with Crippen LogP contribution in [0.1, 0.15) is 16.2 Å². The van der Waals surface area contributed by atoms with Crippen LogP contribution in [0.3, 0.4) is 0 Å². The zero-order valence-electron chi connectivity index (χ0n) is 17.6. The predicted molar refractivity (Wildman–Crippen MR) is 124 cm³/mol. The van der Waals surface area contributed by atoms with E-state index in [1.807, 2.05) is 73.7 Å². The predicted octanol–water partition coefficient (Wildman–Crippen LogP) is 4.02. The molecule has 3 heterocycles. The van der Waals surface area contributed by atoms with Gasteiger partial charge in [0, 0.05) is 37.2 Å². The molecule has 0 aliphatic rings. The highest BCUT2D eigenvalue weighted by atomic mass is 16.1. The Morgan fingerprint density at radius 1 is 1.00 bits per heavy atom. The van der Waals surface area contributed by atoms with Gasteiger partial charge >= 0.3 is 0 Å². The van der Waals surface area contributed by atoms with Crippen molar-refractivity contribution in [3.63, 3.8) is 0 Å². The summed E-state index contributed by atoms with van der Waals surface area (Å²) in [5.41, 5.74) is 4.81. The maximum absolute atomic E-state index is 13.2. The molecule has 0 aliphatic heterocycles. The molecule has 0 saturated carbocycles. The molecule has 5 rings (SSSR count). The molecule has 158 valence electrons. The van der Waals surface area contributed by atoms with Gasteiger partial charge in [0.05, 0.1) is 22.3 Å². The van der Waals surface area contributed by atoms with E-state index in [9.17, 15) is 4.79 Å². The van der Waals surface area contributed by atoms with Crippen LogP contribution in [0.2, 0.25) is 0 Å². The number of benzene rings is 2. The summed E-state index contributed by atoms with van der Waals surface area (Å²) < 4.78 is 3.84. The van der Waals surface area contributed by atoms with Gasteiger partial charge in [0.1, 0.15) is 11.5 Å². The van der Waals surface area contributed by atoms with E-state index in [1.54, 1.807) is 23.3 Å². The average molecular weight is 422 g/mol. The smallest absolute Gasteiger partial charge is 0.255 e. The summed E-state index contributed by atoms with van der Waals surface area (Å²) >= 11 is 0. The number of nitrogens with one attached hydrogen (secondary N) is 1. The van der Waals surface area contributed by atoms with Crippen LogP contribution in [0.25, 0.3) is 28.0 Å². The molecule has 3 aromatic heterocycles. The van der Waals surface area contributed by atoms with Gasteiger partial charge < -0.3 is 9.88 Å². The van der Waals surface area contributed by atoms with Gasteiger partial charge in [-0.25, -0.2) is 9.67 Å². The third-order valence-electron chi connectivity index (χ3n) is 5.38. The summed E-state index contributed by atoms with van der Waals surface area (Å²) in [4.78, 5) is 21.9. The number of carbonyl (C=O) groups is 1. The average Bonchev–Trinajstić information content (AvgIpc) is 3.42. The van der Waals surface area contributed by atoms with Crippen LogP contribution in [-0.4, -0.2) is 36.8 Å². The number of aryl methyl sites for hydroxylation is 1. The minimum Gasteiger partial charge on any atom is -0.350 e. The van der Waals surface area contributed by atoms with Gasteiger partial charge in [-0.15, -0.1) is 0 Å². The Balaban J connectivity index is 1.40. The maximum atomic E-state index is 13.2. The van der Waals surface area contributed by atoms with Gasteiger partial charge in [-0.05, 0) is 43.3 Å². The number of aromatic nitrogens is 5. The number of hydrogen-bond donors (Lipinski definition) is 1. The van der Waals surface area contributed by atoms with Gasteiger partial charge in [-0.1, -0.05) is 30.3 Å². The molecule has 7 nitrogen and oxygen atoms in total. The summed E-state index contributed by atoms with van der Waals surface area (Å²) in [6, 6.07) is 21.5. The van der Waals surface area contributed by atoms with E-state index in [0.29, 0.717) is 24.3 Å². The fourth-order valence-electron chi connectivity index (χ4n) is 3.82. The molecule has 0 spiro atoms. The van der Waals surface area contributed by atoms with Crippen LogP contribution in [0, 0.1) is 6.92 Å². The van der Waals surface area contributed by atoms with Crippen molar-refractivity contribution in [2.45, 2.75) is 13.5 Å². The molecule has 0 unspecified atom stereocenters. The van der Waals surface area contributed by atoms with Crippen LogP contribution in [0.15, 0.2) is 85.3 Å². The van der Waals surface area contributed by atoms with E-state index in [2.05, 4.69) is 25.0 Å². The number of pyridine rings is 1. The summed E-state index contributed by atoms with van der Waals surface area (Å²) in [5.74, 6) is 0.751. The molecule has 2 aromatic carbocycles. The zero-order valence-corrected chi connectivity index (χ0v) is 17.6. The van der Waals surface area contributed by atoms with Gasteiger partial charge in [-0.2, -0.15) is 5.10 Å². The second kappa shape index (κ2) is 8.47. The molecule has 0 atom stereocenters. The SMILES string of the molecule is Cc1nc2ccccc2n1CCNC(=O)c1cn(-c2ccccc2)nc1-c1cccnc1. The first-order valence-electron chi connectivity index (χ1n) is 10.5. The first-order valence-corrected chi connectivity index (χ1v) is 10.5. The van der Waals surface area contributed by atoms with E-state index in [-0.39, 0.29) is 5.91 Å². The molecule has 1 amide bonds. The number of para-hydroxylation sites is 3. The Kier molecular flexibility index (Phi) is 5.21. The highest BCUT2D eigenvalue weighted by Crippen LogP contribution is 2.23. The standard InChI is InChI=1S/C25H22N6O/c1-18-28-22-11-5-6-12-23(22)30(18)15-14-27-25(32)21-17-31(20-9-3-2-4-10-20)29-24(21)19-8-7-13-26-16-19/h2-13,16-17H,14-15H2,1H3,(H,27,32). The topological polar surface area (TPSA) is 77.6 Å². The lowest BCUT2D eigenvalue weighted by atomic mass is 10.1. The van der Waals surface area contributed by atoms with E-state index in [0.717, 1.165) is 28.1 Å². The van der Waals surface area contributed by atoms with E-state index >= 15 is 0 Å². The number of carbonyl (C=O) groups excluding carboxylic acids is 1. The Bertz CT molecular complexity index is 1370. The Morgan fingerprint density at radius 2 is 1.81 bits per heavy atom. The molecule has 0 bridgehead atoms. The molecule has 7 heteroatoms. The zero-order chi connectivity index (χ0) is 21.9. The highest BCUT2D eigenvalue weighted by molar-refractivity contribution is 5.99. The molecule has 32 heavy (non-hydrogen) atoms. The summed E-state index contributed by atoms with van der Waals surface area (Å²) in [6.45, 7) is 3.09. The minimum absolute atomic E-state index is 0.173. The fourth-order valence-corrected chi connectivity index (χ4v) is 3.82. The molecular weight excluding hydrogens is 400 g/mol. The van der Waals surface area contributed by atoms with Crippen molar-refractivity contribution in [1.82, 2.24) is 29.6 Å². The molecular formula is C25H22N6O. The molecule has 0 aliphatic carbocycles. The summed E-state index contributed by atoms with van der Waals surface area (Å²) in [5, 5.41) is 7.73. The van der Waals surface area contributed by atoms with Crippen LogP contribution < -0.4 is 5.32 Å². The van der Waals surface area contributed by atoms with Crippen molar-refractivity contribution in [1.29, 1.82) is 0 Å². The van der Waals surface area contributed by atoms with Crippen LogP contribution in [-0.2, 0) is 6.54 Å². The van der Waals surface area contributed by atoms with Crippen molar-refractivity contribution in [2.75, 3.05) is 6.54 Å². The number of imidazole rings is 1. The minimum atomic E-state index is -0.173. The van der Waals surface area contributed by atoms with Crippen LogP contribution >= 0.6 is 0 Å². The van der Waals surface area contributed by atoms with E-state index in [4.69, 9.17) is 0 Å². The lowest BCUT2D eigenvalue weighted by Gasteiger charge is -2.09. The van der Waals surface area contributed by atoms with Gasteiger partial charge in [0.15, 0.2) is 0 Å². The third-order valence-corrected chi connectivity index (χ3v) is 5.38. The quantitative estimate of drug-likeness (QED) is 0.448. The number of fused-ring (bicyclic) bond motifs is 1. The second-order valence-electron chi connectivity index (χ2n) is 7.47. The van der Waals surface area contributed by atoms with Crippen LogP contribution in [0.4, 0.5) is 0 Å². The Morgan fingerprint density at radius 3 is 2.62 bits per heavy atom. The maximum Gasteiger partial charge on any atom is 0.255 e. The molecule has 5 aromatic rings. The van der Waals surface area contributed by atoms with Gasteiger partial charge in [-0.3, -0.25) is 9.78 Å². The Labute approximate surface area is 185 Å². The Hall–Kier alpha value is -4.26. The summed E-state index contributed by atoms with van der Waals surface area (Å²) in [6.07, 6.45) is 5.19. The number of hydrogen-bond acceptors (Lipinski definition) is 4.